The third-order valence-electron chi connectivity index (χ3n) is 5.01. The summed E-state index contributed by atoms with van der Waals surface area (Å²) in [6.45, 7) is 0. The highest BCUT2D eigenvalue weighted by atomic mass is 16.5. The standard InChI is InChI=1S/C23H21NO9/c1-29-16-10-13(21(26)31-3)19(23(28)33-5)20-18(16)12-8-6-7-9-14(12)24(20)15(22(27)32-4)11-17(25)30-2/h6-11H,1-5H3/b15-11+. The SMILES string of the molecule is COC(=O)/C=C(\C(=O)OC)n1c2ccccc2c2c(OC)cc(C(=O)OC)c(C(=O)OC)c21. The fraction of sp³-hybridized carbons (Fsp3) is 0.217. The molecule has 3 aromatic rings. The van der Waals surface area contributed by atoms with E-state index in [-0.39, 0.29) is 28.1 Å². The molecule has 0 N–H and O–H groups in total. The lowest BCUT2D eigenvalue weighted by Crippen LogP contribution is -2.17. The van der Waals surface area contributed by atoms with Crippen molar-refractivity contribution in [1.82, 2.24) is 4.57 Å². The topological polar surface area (TPSA) is 119 Å². The van der Waals surface area contributed by atoms with Crippen molar-refractivity contribution in [2.75, 3.05) is 35.5 Å². The summed E-state index contributed by atoms with van der Waals surface area (Å²) in [6, 6.07) is 8.22. The Morgan fingerprint density at radius 1 is 0.848 bits per heavy atom. The number of hydrogen-bond donors (Lipinski definition) is 0. The van der Waals surface area contributed by atoms with E-state index in [4.69, 9.17) is 23.7 Å². The van der Waals surface area contributed by atoms with Gasteiger partial charge in [-0.05, 0) is 12.1 Å². The molecule has 1 heterocycles. The van der Waals surface area contributed by atoms with Crippen molar-refractivity contribution < 1.29 is 42.9 Å². The van der Waals surface area contributed by atoms with Crippen LogP contribution in [0.1, 0.15) is 20.7 Å². The van der Waals surface area contributed by atoms with Gasteiger partial charge in [-0.25, -0.2) is 19.2 Å². The summed E-state index contributed by atoms with van der Waals surface area (Å²) in [5.74, 6) is -3.19. The number of para-hydroxylation sites is 1. The van der Waals surface area contributed by atoms with Crippen molar-refractivity contribution in [2.45, 2.75) is 0 Å². The highest BCUT2D eigenvalue weighted by Gasteiger charge is 2.31. The van der Waals surface area contributed by atoms with Crippen molar-refractivity contribution in [3.05, 3.63) is 47.5 Å². The highest BCUT2D eigenvalue weighted by molar-refractivity contribution is 6.26. The van der Waals surface area contributed by atoms with Crippen molar-refractivity contribution in [3.63, 3.8) is 0 Å². The molecule has 0 saturated carbocycles. The number of hydrogen-bond acceptors (Lipinski definition) is 9. The molecule has 0 atom stereocenters. The molecule has 0 aliphatic carbocycles. The average Bonchev–Trinajstić information content (AvgIpc) is 3.19. The Hall–Kier alpha value is -4.34. The van der Waals surface area contributed by atoms with Crippen LogP contribution in [0.3, 0.4) is 0 Å². The number of rotatable bonds is 6. The first-order valence-corrected chi connectivity index (χ1v) is 9.53. The van der Waals surface area contributed by atoms with Crippen LogP contribution in [0.4, 0.5) is 0 Å². The maximum Gasteiger partial charge on any atom is 0.355 e. The Morgan fingerprint density at radius 3 is 2.09 bits per heavy atom. The summed E-state index contributed by atoms with van der Waals surface area (Å²) in [5, 5.41) is 0.978. The summed E-state index contributed by atoms with van der Waals surface area (Å²) in [5.41, 5.74) is -0.0808. The summed E-state index contributed by atoms with van der Waals surface area (Å²) in [4.78, 5) is 50.4. The van der Waals surface area contributed by atoms with Gasteiger partial charge in [0, 0.05) is 5.39 Å². The number of nitrogens with zero attached hydrogens (tertiary/aromatic N) is 1. The van der Waals surface area contributed by atoms with Crippen molar-refractivity contribution in [2.24, 2.45) is 0 Å². The van der Waals surface area contributed by atoms with Crippen molar-refractivity contribution >= 4 is 51.4 Å². The molecule has 0 aliphatic rings. The lowest BCUT2D eigenvalue weighted by molar-refractivity contribution is -0.137. The van der Waals surface area contributed by atoms with Gasteiger partial charge in [0.2, 0.25) is 0 Å². The van der Waals surface area contributed by atoms with E-state index in [2.05, 4.69) is 0 Å². The van der Waals surface area contributed by atoms with E-state index < -0.39 is 23.9 Å². The predicted octanol–water partition coefficient (Wildman–Crippen LogP) is 2.56. The van der Waals surface area contributed by atoms with E-state index in [9.17, 15) is 19.2 Å². The number of methoxy groups -OCH3 is 5. The maximum atomic E-state index is 12.9. The van der Waals surface area contributed by atoms with Gasteiger partial charge in [-0.3, -0.25) is 0 Å². The second-order valence-corrected chi connectivity index (χ2v) is 6.61. The molecular formula is C23H21NO9. The minimum Gasteiger partial charge on any atom is -0.496 e. The fourth-order valence-electron chi connectivity index (χ4n) is 3.61. The fourth-order valence-corrected chi connectivity index (χ4v) is 3.61. The third-order valence-corrected chi connectivity index (χ3v) is 5.01. The smallest absolute Gasteiger partial charge is 0.355 e. The Kier molecular flexibility index (Phi) is 6.67. The largest absolute Gasteiger partial charge is 0.496 e. The lowest BCUT2D eigenvalue weighted by Gasteiger charge is -2.15. The van der Waals surface area contributed by atoms with E-state index in [1.165, 1.54) is 17.7 Å². The molecule has 1 aromatic heterocycles. The molecule has 3 rings (SSSR count). The summed E-state index contributed by atoms with van der Waals surface area (Å²) >= 11 is 0. The van der Waals surface area contributed by atoms with Crippen LogP contribution in [0.5, 0.6) is 5.75 Å². The number of carbonyl (C=O) groups excluding carboxylic acids is 4. The normalized spacial score (nSPS) is 11.2. The Morgan fingerprint density at radius 2 is 1.52 bits per heavy atom. The van der Waals surface area contributed by atoms with Crippen LogP contribution in [0.2, 0.25) is 0 Å². The minimum atomic E-state index is -0.888. The van der Waals surface area contributed by atoms with Crippen LogP contribution < -0.4 is 4.74 Å². The van der Waals surface area contributed by atoms with Gasteiger partial charge in [-0.2, -0.15) is 0 Å². The number of esters is 4. The van der Waals surface area contributed by atoms with Crippen molar-refractivity contribution in [3.8, 4) is 5.75 Å². The highest BCUT2D eigenvalue weighted by Crippen LogP contribution is 2.41. The van der Waals surface area contributed by atoms with Gasteiger partial charge in [-0.1, -0.05) is 18.2 Å². The van der Waals surface area contributed by atoms with Gasteiger partial charge >= 0.3 is 23.9 Å². The number of fused-ring (bicyclic) bond motifs is 3. The van der Waals surface area contributed by atoms with Crippen molar-refractivity contribution in [1.29, 1.82) is 0 Å². The predicted molar refractivity (Wildman–Crippen MR) is 117 cm³/mol. The molecule has 172 valence electrons. The van der Waals surface area contributed by atoms with Crippen LogP contribution >= 0.6 is 0 Å². The first-order chi connectivity index (χ1) is 15.8. The molecule has 10 nitrogen and oxygen atoms in total. The van der Waals surface area contributed by atoms with E-state index in [0.29, 0.717) is 16.3 Å². The van der Waals surface area contributed by atoms with Gasteiger partial charge in [0.15, 0.2) is 0 Å². The molecule has 0 saturated heterocycles. The van der Waals surface area contributed by atoms with E-state index >= 15 is 0 Å². The van der Waals surface area contributed by atoms with E-state index in [1.54, 1.807) is 24.3 Å². The third kappa shape index (κ3) is 3.86. The van der Waals surface area contributed by atoms with Crippen LogP contribution in [0, 0.1) is 0 Å². The van der Waals surface area contributed by atoms with E-state index in [1.807, 2.05) is 0 Å². The number of carbonyl (C=O) groups is 4. The Bertz CT molecular complexity index is 1320. The quantitative estimate of drug-likeness (QED) is 0.314. The van der Waals surface area contributed by atoms with Gasteiger partial charge in [0.05, 0.1) is 69.2 Å². The van der Waals surface area contributed by atoms with Gasteiger partial charge in [0.25, 0.3) is 0 Å². The van der Waals surface area contributed by atoms with Gasteiger partial charge in [-0.15, -0.1) is 0 Å². The maximum absolute atomic E-state index is 12.9. The number of benzene rings is 2. The van der Waals surface area contributed by atoms with Crippen LogP contribution in [0.25, 0.3) is 27.5 Å². The minimum absolute atomic E-state index is 0.0864. The van der Waals surface area contributed by atoms with E-state index in [0.717, 1.165) is 34.5 Å². The molecule has 0 spiro atoms. The molecule has 0 radical (unpaired) electrons. The van der Waals surface area contributed by atoms with Gasteiger partial charge < -0.3 is 28.3 Å². The molecule has 0 unspecified atom stereocenters. The Balaban J connectivity index is 2.71. The molecule has 0 aliphatic heterocycles. The van der Waals surface area contributed by atoms with Crippen LogP contribution in [-0.2, 0) is 28.5 Å². The second-order valence-electron chi connectivity index (χ2n) is 6.61. The molecule has 0 bridgehead atoms. The molecule has 2 aromatic carbocycles. The van der Waals surface area contributed by atoms with Gasteiger partial charge in [0.1, 0.15) is 11.4 Å². The molecule has 10 heteroatoms. The van der Waals surface area contributed by atoms with Crippen LogP contribution in [-0.4, -0.2) is 64.0 Å². The summed E-state index contributed by atoms with van der Waals surface area (Å²) in [7, 11) is 6.00. The van der Waals surface area contributed by atoms with Crippen LogP contribution in [0.15, 0.2) is 36.4 Å². The zero-order chi connectivity index (χ0) is 24.3. The monoisotopic (exact) mass is 455 g/mol. The lowest BCUT2D eigenvalue weighted by atomic mass is 10.0. The average molecular weight is 455 g/mol. The second kappa shape index (κ2) is 9.43. The molecule has 0 amide bonds. The zero-order valence-electron chi connectivity index (χ0n) is 18.6. The first kappa shape index (κ1) is 23.3. The molecule has 33 heavy (non-hydrogen) atoms. The first-order valence-electron chi connectivity index (χ1n) is 9.53. The molecular weight excluding hydrogens is 434 g/mol. The summed E-state index contributed by atoms with van der Waals surface area (Å²) < 4.78 is 26.2. The molecule has 0 fully saturated rings. The zero-order valence-corrected chi connectivity index (χ0v) is 18.6. The Labute approximate surface area is 188 Å². The summed E-state index contributed by atoms with van der Waals surface area (Å²) in [6.07, 6.45) is 0.927. The number of aromatic nitrogens is 1. The number of ether oxygens (including phenoxy) is 5.